The Morgan fingerprint density at radius 1 is 1.38 bits per heavy atom. The highest BCUT2D eigenvalue weighted by atomic mass is 19.1. The van der Waals surface area contributed by atoms with Crippen molar-refractivity contribution in [1.82, 2.24) is 9.88 Å². The Labute approximate surface area is 141 Å². The highest BCUT2D eigenvalue weighted by Crippen LogP contribution is 2.23. The minimum absolute atomic E-state index is 0.0829. The minimum atomic E-state index is -0.397. The molecule has 2 aromatic rings. The lowest BCUT2D eigenvalue weighted by atomic mass is 10.0. The van der Waals surface area contributed by atoms with Crippen LogP contribution in [0.1, 0.15) is 29.6 Å². The molecule has 1 aromatic carbocycles. The van der Waals surface area contributed by atoms with E-state index < -0.39 is 5.82 Å². The van der Waals surface area contributed by atoms with Crippen molar-refractivity contribution in [2.45, 2.75) is 25.4 Å². The summed E-state index contributed by atoms with van der Waals surface area (Å²) in [4.78, 5) is 18.1. The molecule has 24 heavy (non-hydrogen) atoms. The number of ether oxygens (including phenoxy) is 1. The van der Waals surface area contributed by atoms with E-state index in [9.17, 15) is 9.18 Å². The SMILES string of the molecule is CN(C[C@H]1CCCCO1)C(=O)c1cccc(-c2ccncc2F)c1. The number of nitrogens with zero attached hydrogens (tertiary/aromatic N) is 2. The molecule has 5 heteroatoms. The number of carbonyl (C=O) groups is 1. The van der Waals surface area contributed by atoms with Crippen LogP contribution in [-0.2, 0) is 4.74 Å². The van der Waals surface area contributed by atoms with Crippen molar-refractivity contribution >= 4 is 5.91 Å². The zero-order chi connectivity index (χ0) is 16.9. The van der Waals surface area contributed by atoms with Gasteiger partial charge in [0.15, 0.2) is 0 Å². The van der Waals surface area contributed by atoms with Gasteiger partial charge in [-0.15, -0.1) is 0 Å². The molecule has 0 N–H and O–H groups in total. The third-order valence-electron chi connectivity index (χ3n) is 4.29. The smallest absolute Gasteiger partial charge is 0.253 e. The summed E-state index contributed by atoms with van der Waals surface area (Å²) in [6.07, 6.45) is 6.04. The average Bonchev–Trinajstić information content (AvgIpc) is 2.62. The first-order chi connectivity index (χ1) is 11.6. The summed E-state index contributed by atoms with van der Waals surface area (Å²) in [5.41, 5.74) is 1.66. The molecule has 1 fully saturated rings. The predicted octanol–water partition coefficient (Wildman–Crippen LogP) is 3.53. The predicted molar refractivity (Wildman–Crippen MR) is 90.2 cm³/mol. The third kappa shape index (κ3) is 3.79. The summed E-state index contributed by atoms with van der Waals surface area (Å²) < 4.78 is 19.6. The van der Waals surface area contributed by atoms with Gasteiger partial charge in [-0.3, -0.25) is 9.78 Å². The number of amides is 1. The Morgan fingerprint density at radius 3 is 3.00 bits per heavy atom. The van der Waals surface area contributed by atoms with E-state index in [1.165, 1.54) is 6.20 Å². The summed E-state index contributed by atoms with van der Waals surface area (Å²) in [6, 6.07) is 8.65. The van der Waals surface area contributed by atoms with Crippen LogP contribution in [0.4, 0.5) is 4.39 Å². The monoisotopic (exact) mass is 328 g/mol. The number of aromatic nitrogens is 1. The van der Waals surface area contributed by atoms with Gasteiger partial charge in [-0.2, -0.15) is 0 Å². The Kier molecular flexibility index (Phi) is 5.20. The molecular formula is C19H21FN2O2. The van der Waals surface area contributed by atoms with Gasteiger partial charge in [-0.1, -0.05) is 12.1 Å². The summed E-state index contributed by atoms with van der Waals surface area (Å²) >= 11 is 0. The summed E-state index contributed by atoms with van der Waals surface area (Å²) in [7, 11) is 1.78. The van der Waals surface area contributed by atoms with Crippen molar-refractivity contribution in [3.05, 3.63) is 54.1 Å². The van der Waals surface area contributed by atoms with Crippen molar-refractivity contribution in [1.29, 1.82) is 0 Å². The Bertz CT molecular complexity index is 714. The van der Waals surface area contributed by atoms with Crippen molar-refractivity contribution < 1.29 is 13.9 Å². The van der Waals surface area contributed by atoms with Crippen LogP contribution in [0.2, 0.25) is 0 Å². The van der Waals surface area contributed by atoms with Gasteiger partial charge in [0, 0.05) is 37.5 Å². The van der Waals surface area contributed by atoms with Crippen LogP contribution in [0, 0.1) is 5.82 Å². The first-order valence-corrected chi connectivity index (χ1v) is 8.22. The van der Waals surface area contributed by atoms with E-state index in [0.29, 0.717) is 23.2 Å². The van der Waals surface area contributed by atoms with Crippen LogP contribution in [0.5, 0.6) is 0 Å². The first kappa shape index (κ1) is 16.6. The number of benzene rings is 1. The molecular weight excluding hydrogens is 307 g/mol. The van der Waals surface area contributed by atoms with Crippen molar-refractivity contribution in [3.8, 4) is 11.1 Å². The first-order valence-electron chi connectivity index (χ1n) is 8.22. The largest absolute Gasteiger partial charge is 0.376 e. The summed E-state index contributed by atoms with van der Waals surface area (Å²) in [5, 5.41) is 0. The number of likely N-dealkylation sites (N-methyl/N-ethyl adjacent to an activating group) is 1. The van der Waals surface area contributed by atoms with E-state index in [1.54, 1.807) is 48.5 Å². The van der Waals surface area contributed by atoms with Crippen LogP contribution < -0.4 is 0 Å². The number of pyridine rings is 1. The Hall–Kier alpha value is -2.27. The minimum Gasteiger partial charge on any atom is -0.376 e. The van der Waals surface area contributed by atoms with Crippen molar-refractivity contribution in [2.24, 2.45) is 0 Å². The molecule has 1 saturated heterocycles. The fourth-order valence-electron chi connectivity index (χ4n) is 2.99. The quantitative estimate of drug-likeness (QED) is 0.862. The molecule has 1 aromatic heterocycles. The number of carbonyl (C=O) groups excluding carboxylic acids is 1. The molecule has 0 bridgehead atoms. The van der Waals surface area contributed by atoms with Gasteiger partial charge in [0.1, 0.15) is 5.82 Å². The lowest BCUT2D eigenvalue weighted by molar-refractivity contribution is -0.000186. The molecule has 1 aliphatic heterocycles. The van der Waals surface area contributed by atoms with E-state index in [1.807, 2.05) is 0 Å². The van der Waals surface area contributed by atoms with Crippen molar-refractivity contribution in [3.63, 3.8) is 0 Å². The zero-order valence-corrected chi connectivity index (χ0v) is 13.7. The lowest BCUT2D eigenvalue weighted by Gasteiger charge is -2.27. The fraction of sp³-hybridized carbons (Fsp3) is 0.368. The van der Waals surface area contributed by atoms with Gasteiger partial charge in [0.2, 0.25) is 0 Å². The standard InChI is InChI=1S/C19H21FN2O2/c1-22(13-16-7-2-3-10-24-16)19(23)15-6-4-5-14(11-15)17-8-9-21-12-18(17)20/h4-6,8-9,11-12,16H,2-3,7,10,13H2,1H3/t16-/m1/s1. The normalized spacial score (nSPS) is 17.5. The summed E-state index contributed by atoms with van der Waals surface area (Å²) in [5.74, 6) is -0.480. The van der Waals surface area contributed by atoms with E-state index in [-0.39, 0.29) is 12.0 Å². The topological polar surface area (TPSA) is 42.4 Å². The average molecular weight is 328 g/mol. The maximum Gasteiger partial charge on any atom is 0.253 e. The molecule has 1 aliphatic rings. The zero-order valence-electron chi connectivity index (χ0n) is 13.7. The van der Waals surface area contributed by atoms with Gasteiger partial charge in [-0.05, 0) is 43.0 Å². The fourth-order valence-corrected chi connectivity index (χ4v) is 2.99. The van der Waals surface area contributed by atoms with Crippen LogP contribution in [0.3, 0.4) is 0 Å². The number of halogens is 1. The molecule has 1 atom stereocenters. The lowest BCUT2D eigenvalue weighted by Crippen LogP contribution is -2.37. The molecule has 0 radical (unpaired) electrons. The highest BCUT2D eigenvalue weighted by molar-refractivity contribution is 5.95. The van der Waals surface area contributed by atoms with E-state index in [2.05, 4.69) is 4.98 Å². The van der Waals surface area contributed by atoms with Crippen LogP contribution in [0.25, 0.3) is 11.1 Å². The Morgan fingerprint density at radius 2 is 2.25 bits per heavy atom. The number of rotatable bonds is 4. The van der Waals surface area contributed by atoms with Crippen LogP contribution in [0.15, 0.2) is 42.7 Å². The molecule has 126 valence electrons. The molecule has 0 saturated carbocycles. The highest BCUT2D eigenvalue weighted by Gasteiger charge is 2.20. The molecule has 0 unspecified atom stereocenters. The number of hydrogen-bond donors (Lipinski definition) is 0. The van der Waals surface area contributed by atoms with Crippen molar-refractivity contribution in [2.75, 3.05) is 20.2 Å². The molecule has 1 amide bonds. The van der Waals surface area contributed by atoms with Gasteiger partial charge in [0.25, 0.3) is 5.91 Å². The molecule has 3 rings (SSSR count). The van der Waals surface area contributed by atoms with Gasteiger partial charge in [-0.25, -0.2) is 4.39 Å². The van der Waals surface area contributed by atoms with Gasteiger partial charge >= 0.3 is 0 Å². The van der Waals surface area contributed by atoms with E-state index >= 15 is 0 Å². The second-order valence-corrected chi connectivity index (χ2v) is 6.11. The second-order valence-electron chi connectivity index (χ2n) is 6.11. The summed E-state index contributed by atoms with van der Waals surface area (Å²) in [6.45, 7) is 1.34. The third-order valence-corrected chi connectivity index (χ3v) is 4.29. The second kappa shape index (κ2) is 7.53. The molecule has 2 heterocycles. The molecule has 0 spiro atoms. The maximum atomic E-state index is 13.9. The van der Waals surface area contributed by atoms with E-state index in [0.717, 1.165) is 25.9 Å². The van der Waals surface area contributed by atoms with Crippen LogP contribution in [-0.4, -0.2) is 42.1 Å². The van der Waals surface area contributed by atoms with Crippen LogP contribution >= 0.6 is 0 Å². The molecule has 0 aliphatic carbocycles. The molecule has 4 nitrogen and oxygen atoms in total. The van der Waals surface area contributed by atoms with Gasteiger partial charge in [0.05, 0.1) is 12.3 Å². The van der Waals surface area contributed by atoms with E-state index in [4.69, 9.17) is 4.74 Å². The number of hydrogen-bond acceptors (Lipinski definition) is 3. The maximum absolute atomic E-state index is 13.9. The Balaban J connectivity index is 1.75. The van der Waals surface area contributed by atoms with Gasteiger partial charge < -0.3 is 9.64 Å².